The standard InChI is InChI=1S/C24H26N2O3S/c25-24(28)23-20(19-12-6-7-13-21(19)30-23)15-17-9-3-2-8-14-26(17)22(27)16-29-18-10-4-1-5-11-18/h1,4-7,10-13,17H,2-3,8-9,14-16H2,(H2,25,28)/t17-/m0/s1. The lowest BCUT2D eigenvalue weighted by Gasteiger charge is -2.30. The predicted molar refractivity (Wildman–Crippen MR) is 120 cm³/mol. The zero-order valence-corrected chi connectivity index (χ0v) is 17.7. The summed E-state index contributed by atoms with van der Waals surface area (Å²) in [6.07, 6.45) is 4.72. The summed E-state index contributed by atoms with van der Waals surface area (Å²) >= 11 is 1.44. The predicted octanol–water partition coefficient (Wildman–Crippen LogP) is 4.39. The van der Waals surface area contributed by atoms with Crippen LogP contribution in [0.4, 0.5) is 0 Å². The number of amides is 2. The number of para-hydroxylation sites is 1. The molecule has 0 radical (unpaired) electrons. The van der Waals surface area contributed by atoms with Gasteiger partial charge in [-0.3, -0.25) is 9.59 Å². The SMILES string of the molecule is NC(=O)c1sc2ccccc2c1C[C@@H]1CCCCCN1C(=O)COc1ccccc1. The molecule has 0 unspecified atom stereocenters. The molecule has 1 aliphatic heterocycles. The van der Waals surface area contributed by atoms with E-state index in [1.54, 1.807) is 0 Å². The minimum atomic E-state index is -0.398. The van der Waals surface area contributed by atoms with Crippen molar-refractivity contribution in [3.63, 3.8) is 0 Å². The van der Waals surface area contributed by atoms with E-state index >= 15 is 0 Å². The first-order valence-corrected chi connectivity index (χ1v) is 11.2. The molecule has 0 spiro atoms. The fraction of sp³-hybridized carbons (Fsp3) is 0.333. The number of nitrogens with zero attached hydrogens (tertiary/aromatic N) is 1. The Morgan fingerprint density at radius 3 is 2.60 bits per heavy atom. The average Bonchev–Trinajstić information content (AvgIpc) is 2.96. The first kappa shape index (κ1) is 20.4. The number of carbonyl (C=O) groups excluding carboxylic acids is 2. The van der Waals surface area contributed by atoms with Crippen molar-refractivity contribution in [3.05, 3.63) is 65.0 Å². The number of rotatable bonds is 6. The van der Waals surface area contributed by atoms with E-state index in [1.165, 1.54) is 11.3 Å². The molecule has 0 saturated carbocycles. The van der Waals surface area contributed by atoms with Crippen LogP contribution in [0.25, 0.3) is 10.1 Å². The molecular formula is C24H26N2O3S. The number of likely N-dealkylation sites (tertiary alicyclic amines) is 1. The number of fused-ring (bicyclic) bond motifs is 1. The Labute approximate surface area is 180 Å². The van der Waals surface area contributed by atoms with Crippen molar-refractivity contribution in [2.45, 2.75) is 38.1 Å². The van der Waals surface area contributed by atoms with Crippen LogP contribution in [0.2, 0.25) is 0 Å². The summed E-state index contributed by atoms with van der Waals surface area (Å²) in [6.45, 7) is 0.739. The zero-order valence-electron chi connectivity index (χ0n) is 16.9. The molecule has 5 nitrogen and oxygen atoms in total. The van der Waals surface area contributed by atoms with Crippen molar-refractivity contribution in [2.75, 3.05) is 13.2 Å². The molecule has 4 rings (SSSR count). The molecule has 156 valence electrons. The maximum absolute atomic E-state index is 13.1. The van der Waals surface area contributed by atoms with Gasteiger partial charge in [0.25, 0.3) is 11.8 Å². The van der Waals surface area contributed by atoms with Gasteiger partial charge in [0.1, 0.15) is 5.75 Å². The molecule has 1 aliphatic rings. The van der Waals surface area contributed by atoms with Gasteiger partial charge in [-0.05, 0) is 48.4 Å². The normalized spacial score (nSPS) is 16.9. The van der Waals surface area contributed by atoms with E-state index in [2.05, 4.69) is 0 Å². The zero-order chi connectivity index (χ0) is 20.9. The highest BCUT2D eigenvalue weighted by Gasteiger charge is 2.28. The Kier molecular flexibility index (Phi) is 6.33. The van der Waals surface area contributed by atoms with Crippen LogP contribution < -0.4 is 10.5 Å². The molecule has 2 aromatic carbocycles. The van der Waals surface area contributed by atoms with Gasteiger partial charge in [0.15, 0.2) is 6.61 Å². The molecule has 1 atom stereocenters. The summed E-state index contributed by atoms with van der Waals surface area (Å²) in [5.41, 5.74) is 6.66. The quantitative estimate of drug-likeness (QED) is 0.640. The van der Waals surface area contributed by atoms with Gasteiger partial charge in [0.05, 0.1) is 4.88 Å². The summed E-state index contributed by atoms with van der Waals surface area (Å²) in [7, 11) is 0. The second-order valence-electron chi connectivity index (χ2n) is 7.67. The molecule has 30 heavy (non-hydrogen) atoms. The number of thiophene rings is 1. The molecule has 2 heterocycles. The first-order chi connectivity index (χ1) is 14.6. The number of primary amides is 1. The summed E-state index contributed by atoms with van der Waals surface area (Å²) in [4.78, 5) is 27.7. The van der Waals surface area contributed by atoms with E-state index < -0.39 is 5.91 Å². The van der Waals surface area contributed by atoms with E-state index in [9.17, 15) is 9.59 Å². The van der Waals surface area contributed by atoms with E-state index in [4.69, 9.17) is 10.5 Å². The van der Waals surface area contributed by atoms with E-state index in [0.29, 0.717) is 17.0 Å². The van der Waals surface area contributed by atoms with E-state index in [0.717, 1.165) is 47.9 Å². The van der Waals surface area contributed by atoms with Crippen LogP contribution in [-0.4, -0.2) is 35.9 Å². The van der Waals surface area contributed by atoms with Crippen molar-refractivity contribution >= 4 is 33.2 Å². The van der Waals surface area contributed by atoms with Crippen molar-refractivity contribution in [2.24, 2.45) is 5.73 Å². The second kappa shape index (κ2) is 9.30. The van der Waals surface area contributed by atoms with Gasteiger partial charge < -0.3 is 15.4 Å². The smallest absolute Gasteiger partial charge is 0.260 e. The van der Waals surface area contributed by atoms with Crippen LogP contribution in [0, 0.1) is 0 Å². The molecule has 1 saturated heterocycles. The minimum absolute atomic E-state index is 0.00841. The van der Waals surface area contributed by atoms with Crippen molar-refractivity contribution < 1.29 is 14.3 Å². The van der Waals surface area contributed by atoms with Gasteiger partial charge >= 0.3 is 0 Å². The minimum Gasteiger partial charge on any atom is -0.484 e. The number of hydrogen-bond donors (Lipinski definition) is 1. The van der Waals surface area contributed by atoms with Gasteiger partial charge in [0.2, 0.25) is 0 Å². The highest BCUT2D eigenvalue weighted by atomic mass is 32.1. The number of ether oxygens (including phenoxy) is 1. The molecule has 3 aromatic rings. The monoisotopic (exact) mass is 422 g/mol. The Bertz CT molecular complexity index is 1030. The van der Waals surface area contributed by atoms with E-state index in [1.807, 2.05) is 59.5 Å². The van der Waals surface area contributed by atoms with Gasteiger partial charge in [-0.15, -0.1) is 11.3 Å². The van der Waals surface area contributed by atoms with Gasteiger partial charge in [-0.25, -0.2) is 0 Å². The third-order valence-corrected chi connectivity index (χ3v) is 6.89. The number of benzene rings is 2. The van der Waals surface area contributed by atoms with Gasteiger partial charge in [0, 0.05) is 17.3 Å². The number of hydrogen-bond acceptors (Lipinski definition) is 4. The van der Waals surface area contributed by atoms with Crippen LogP contribution in [0.5, 0.6) is 5.75 Å². The lowest BCUT2D eigenvalue weighted by atomic mass is 9.98. The Morgan fingerprint density at radius 2 is 1.80 bits per heavy atom. The highest BCUT2D eigenvalue weighted by Crippen LogP contribution is 2.34. The first-order valence-electron chi connectivity index (χ1n) is 10.4. The van der Waals surface area contributed by atoms with Crippen LogP contribution >= 0.6 is 11.3 Å². The van der Waals surface area contributed by atoms with Crippen molar-refractivity contribution in [1.82, 2.24) is 4.90 Å². The van der Waals surface area contributed by atoms with E-state index in [-0.39, 0.29) is 18.6 Å². The molecule has 2 amide bonds. The largest absolute Gasteiger partial charge is 0.484 e. The summed E-state index contributed by atoms with van der Waals surface area (Å²) in [5.74, 6) is 0.285. The molecule has 0 aliphatic carbocycles. The fourth-order valence-electron chi connectivity index (χ4n) is 4.20. The third-order valence-electron chi connectivity index (χ3n) is 5.66. The molecule has 1 aromatic heterocycles. The lowest BCUT2D eigenvalue weighted by Crippen LogP contribution is -2.43. The molecular weight excluding hydrogens is 396 g/mol. The Balaban J connectivity index is 1.56. The van der Waals surface area contributed by atoms with Crippen LogP contribution in [0.1, 0.15) is 40.9 Å². The maximum Gasteiger partial charge on any atom is 0.260 e. The topological polar surface area (TPSA) is 72.6 Å². The highest BCUT2D eigenvalue weighted by molar-refractivity contribution is 7.21. The molecule has 6 heteroatoms. The van der Waals surface area contributed by atoms with Crippen LogP contribution in [-0.2, 0) is 11.2 Å². The maximum atomic E-state index is 13.1. The summed E-state index contributed by atoms with van der Waals surface area (Å²) in [5, 5.41) is 1.06. The van der Waals surface area contributed by atoms with Crippen LogP contribution in [0.3, 0.4) is 0 Å². The van der Waals surface area contributed by atoms with Crippen molar-refractivity contribution in [1.29, 1.82) is 0 Å². The van der Waals surface area contributed by atoms with Crippen molar-refractivity contribution in [3.8, 4) is 5.75 Å². The molecule has 2 N–H and O–H groups in total. The van der Waals surface area contributed by atoms with Crippen LogP contribution in [0.15, 0.2) is 54.6 Å². The average molecular weight is 423 g/mol. The molecule has 1 fully saturated rings. The number of carbonyl (C=O) groups is 2. The second-order valence-corrected chi connectivity index (χ2v) is 8.72. The number of nitrogens with two attached hydrogens (primary N) is 1. The Morgan fingerprint density at radius 1 is 1.03 bits per heavy atom. The summed E-state index contributed by atoms with van der Waals surface area (Å²) < 4.78 is 6.77. The fourth-order valence-corrected chi connectivity index (χ4v) is 5.28. The third kappa shape index (κ3) is 4.49. The Hall–Kier alpha value is -2.86. The van der Waals surface area contributed by atoms with Gasteiger partial charge in [-0.2, -0.15) is 0 Å². The van der Waals surface area contributed by atoms with Gasteiger partial charge in [-0.1, -0.05) is 49.2 Å². The summed E-state index contributed by atoms with van der Waals surface area (Å²) in [6, 6.07) is 17.4. The lowest BCUT2D eigenvalue weighted by molar-refractivity contribution is -0.135. The molecule has 0 bridgehead atoms.